The lowest BCUT2D eigenvalue weighted by molar-refractivity contribution is -0.124. The van der Waals surface area contributed by atoms with E-state index in [4.69, 9.17) is 0 Å². The minimum absolute atomic E-state index is 0. The summed E-state index contributed by atoms with van der Waals surface area (Å²) in [6.07, 6.45) is 1.84. The number of carbonyl (C=O) groups excluding carboxylic acids is 2. The Balaban J connectivity index is 0.00000312. The molecule has 140 valence electrons. The molecule has 25 heavy (non-hydrogen) atoms. The van der Waals surface area contributed by atoms with E-state index < -0.39 is 6.04 Å². The maximum Gasteiger partial charge on any atom is 0.251 e. The molecule has 0 aliphatic carbocycles. The Morgan fingerprint density at radius 2 is 2.00 bits per heavy atom. The summed E-state index contributed by atoms with van der Waals surface area (Å²) in [7, 11) is 0. The van der Waals surface area contributed by atoms with Gasteiger partial charge in [0.2, 0.25) is 5.91 Å². The van der Waals surface area contributed by atoms with E-state index >= 15 is 0 Å². The number of nitrogens with one attached hydrogen (secondary N) is 3. The molecule has 3 unspecified atom stereocenters. The van der Waals surface area contributed by atoms with Gasteiger partial charge >= 0.3 is 0 Å². The molecule has 0 radical (unpaired) electrons. The van der Waals surface area contributed by atoms with Crippen LogP contribution in [0.4, 0.5) is 0 Å². The van der Waals surface area contributed by atoms with Crippen molar-refractivity contribution in [2.75, 3.05) is 6.54 Å². The highest BCUT2D eigenvalue weighted by Crippen LogP contribution is 2.11. The SMILES string of the molecule is Cc1cccc(C(=O)NC(C(=O)NC2CCNC(C)C2)C(C)C)c1.Cl. The van der Waals surface area contributed by atoms with Crippen LogP contribution in [-0.2, 0) is 4.79 Å². The lowest BCUT2D eigenvalue weighted by atomic mass is 9.98. The lowest BCUT2D eigenvalue weighted by Crippen LogP contribution is -2.54. The van der Waals surface area contributed by atoms with Crippen LogP contribution in [0.5, 0.6) is 0 Å². The average molecular weight is 368 g/mol. The smallest absolute Gasteiger partial charge is 0.251 e. The van der Waals surface area contributed by atoms with Gasteiger partial charge in [-0.05, 0) is 51.3 Å². The van der Waals surface area contributed by atoms with Gasteiger partial charge in [-0.3, -0.25) is 9.59 Å². The van der Waals surface area contributed by atoms with E-state index in [-0.39, 0.29) is 36.2 Å². The third-order valence-corrected chi connectivity index (χ3v) is 4.49. The van der Waals surface area contributed by atoms with Crippen LogP contribution < -0.4 is 16.0 Å². The van der Waals surface area contributed by atoms with Crippen LogP contribution in [0.25, 0.3) is 0 Å². The van der Waals surface area contributed by atoms with Crippen LogP contribution in [0, 0.1) is 12.8 Å². The highest BCUT2D eigenvalue weighted by Gasteiger charge is 2.28. The maximum absolute atomic E-state index is 12.6. The Labute approximate surface area is 156 Å². The second kappa shape index (κ2) is 9.78. The first kappa shape index (κ1) is 21.5. The fourth-order valence-corrected chi connectivity index (χ4v) is 3.10. The summed E-state index contributed by atoms with van der Waals surface area (Å²) in [6.45, 7) is 8.88. The van der Waals surface area contributed by atoms with Gasteiger partial charge in [0.05, 0.1) is 0 Å². The molecule has 6 heteroatoms. The minimum atomic E-state index is -0.525. The van der Waals surface area contributed by atoms with Crippen molar-refractivity contribution in [3.8, 4) is 0 Å². The van der Waals surface area contributed by atoms with Crippen LogP contribution in [0.3, 0.4) is 0 Å². The summed E-state index contributed by atoms with van der Waals surface area (Å²) in [5.41, 5.74) is 1.61. The number of hydrogen-bond acceptors (Lipinski definition) is 3. The molecule has 1 aliphatic heterocycles. The number of amides is 2. The van der Waals surface area contributed by atoms with Crippen molar-refractivity contribution >= 4 is 24.2 Å². The molecule has 3 N–H and O–H groups in total. The first-order valence-corrected chi connectivity index (χ1v) is 8.78. The first-order chi connectivity index (χ1) is 11.4. The molecule has 1 fully saturated rings. The minimum Gasteiger partial charge on any atom is -0.351 e. The second-order valence-corrected chi connectivity index (χ2v) is 7.15. The van der Waals surface area contributed by atoms with Gasteiger partial charge in [0.1, 0.15) is 6.04 Å². The second-order valence-electron chi connectivity index (χ2n) is 7.15. The van der Waals surface area contributed by atoms with Crippen molar-refractivity contribution in [2.24, 2.45) is 5.92 Å². The van der Waals surface area contributed by atoms with Gasteiger partial charge in [0.15, 0.2) is 0 Å². The predicted molar refractivity (Wildman–Crippen MR) is 103 cm³/mol. The lowest BCUT2D eigenvalue weighted by Gasteiger charge is -2.31. The number of carbonyl (C=O) groups is 2. The van der Waals surface area contributed by atoms with E-state index in [1.165, 1.54) is 0 Å². The van der Waals surface area contributed by atoms with Crippen LogP contribution in [0.2, 0.25) is 0 Å². The Morgan fingerprint density at radius 1 is 1.28 bits per heavy atom. The summed E-state index contributed by atoms with van der Waals surface area (Å²) in [5, 5.41) is 9.37. The molecule has 2 rings (SSSR count). The van der Waals surface area contributed by atoms with Gasteiger partial charge in [-0.2, -0.15) is 0 Å². The highest BCUT2D eigenvalue weighted by atomic mass is 35.5. The van der Waals surface area contributed by atoms with E-state index in [1.54, 1.807) is 6.07 Å². The molecule has 5 nitrogen and oxygen atoms in total. The Bertz CT molecular complexity index is 592. The topological polar surface area (TPSA) is 70.2 Å². The van der Waals surface area contributed by atoms with Crippen molar-refractivity contribution < 1.29 is 9.59 Å². The van der Waals surface area contributed by atoms with Gasteiger partial charge in [-0.1, -0.05) is 31.5 Å². The maximum atomic E-state index is 12.6. The van der Waals surface area contributed by atoms with Crippen molar-refractivity contribution in [3.63, 3.8) is 0 Å². The quantitative estimate of drug-likeness (QED) is 0.748. The van der Waals surface area contributed by atoms with Crippen molar-refractivity contribution in [1.82, 2.24) is 16.0 Å². The van der Waals surface area contributed by atoms with Gasteiger partial charge in [0, 0.05) is 17.6 Å². The zero-order valence-corrected chi connectivity index (χ0v) is 16.3. The molecule has 2 amide bonds. The van der Waals surface area contributed by atoms with Crippen molar-refractivity contribution in [1.29, 1.82) is 0 Å². The highest BCUT2D eigenvalue weighted by molar-refractivity contribution is 5.97. The predicted octanol–water partition coefficient (Wildman–Crippen LogP) is 2.43. The number of rotatable bonds is 5. The third kappa shape index (κ3) is 6.33. The standard InChI is InChI=1S/C19H29N3O2.ClH/c1-12(2)17(19(24)21-16-8-9-20-14(4)11-16)22-18(23)15-7-5-6-13(3)10-15;/h5-7,10,12,14,16-17,20H,8-9,11H2,1-4H3,(H,21,24)(H,22,23);1H. The van der Waals surface area contributed by atoms with E-state index in [0.717, 1.165) is 24.9 Å². The number of piperidine rings is 1. The zero-order valence-electron chi connectivity index (χ0n) is 15.5. The number of hydrogen-bond donors (Lipinski definition) is 3. The van der Waals surface area contributed by atoms with Crippen molar-refractivity contribution in [2.45, 2.75) is 58.7 Å². The monoisotopic (exact) mass is 367 g/mol. The van der Waals surface area contributed by atoms with E-state index in [0.29, 0.717) is 11.6 Å². The van der Waals surface area contributed by atoms with Crippen molar-refractivity contribution in [3.05, 3.63) is 35.4 Å². The first-order valence-electron chi connectivity index (χ1n) is 8.78. The molecule has 1 aromatic rings. The van der Waals surface area contributed by atoms with Crippen LogP contribution in [0.15, 0.2) is 24.3 Å². The summed E-state index contributed by atoms with van der Waals surface area (Å²) in [5.74, 6) is -0.269. The largest absolute Gasteiger partial charge is 0.351 e. The van der Waals surface area contributed by atoms with Crippen LogP contribution in [0.1, 0.15) is 49.5 Å². The van der Waals surface area contributed by atoms with Crippen LogP contribution in [-0.4, -0.2) is 36.5 Å². The summed E-state index contributed by atoms with van der Waals surface area (Å²) in [6, 6.07) is 7.45. The summed E-state index contributed by atoms with van der Waals surface area (Å²) in [4.78, 5) is 25.1. The van der Waals surface area contributed by atoms with Gasteiger partial charge in [0.25, 0.3) is 5.91 Å². The number of benzene rings is 1. The molecule has 1 saturated heterocycles. The molecular formula is C19H30ClN3O2. The molecule has 1 aromatic carbocycles. The molecule has 1 heterocycles. The molecule has 0 bridgehead atoms. The molecule has 0 spiro atoms. The fraction of sp³-hybridized carbons (Fsp3) is 0.579. The van der Waals surface area contributed by atoms with Gasteiger partial charge in [-0.25, -0.2) is 0 Å². The van der Waals surface area contributed by atoms with E-state index in [2.05, 4.69) is 22.9 Å². The fourth-order valence-electron chi connectivity index (χ4n) is 3.10. The van der Waals surface area contributed by atoms with Gasteiger partial charge in [-0.15, -0.1) is 12.4 Å². The Hall–Kier alpha value is -1.59. The molecular weight excluding hydrogens is 338 g/mol. The van der Waals surface area contributed by atoms with E-state index in [1.807, 2.05) is 39.0 Å². The molecule has 0 saturated carbocycles. The van der Waals surface area contributed by atoms with Crippen LogP contribution >= 0.6 is 12.4 Å². The number of aryl methyl sites for hydroxylation is 1. The molecule has 1 aliphatic rings. The summed E-state index contributed by atoms with van der Waals surface area (Å²) >= 11 is 0. The summed E-state index contributed by atoms with van der Waals surface area (Å²) < 4.78 is 0. The molecule has 3 atom stereocenters. The molecule has 0 aromatic heterocycles. The number of halogens is 1. The van der Waals surface area contributed by atoms with Gasteiger partial charge < -0.3 is 16.0 Å². The Morgan fingerprint density at radius 3 is 2.60 bits per heavy atom. The Kier molecular flexibility index (Phi) is 8.39. The third-order valence-electron chi connectivity index (χ3n) is 4.49. The van der Waals surface area contributed by atoms with E-state index in [9.17, 15) is 9.59 Å². The zero-order chi connectivity index (χ0) is 17.7. The average Bonchev–Trinajstić information content (AvgIpc) is 2.52. The normalized spacial score (nSPS) is 21.2.